The molecule has 0 spiro atoms. The van der Waals surface area contributed by atoms with E-state index in [1.807, 2.05) is 31.2 Å². The molecule has 0 bridgehead atoms. The number of aryl methyl sites for hydroxylation is 1. The first kappa shape index (κ1) is 21.2. The lowest BCUT2D eigenvalue weighted by Crippen LogP contribution is -2.44. The van der Waals surface area contributed by atoms with Gasteiger partial charge in [0.05, 0.1) is 22.3 Å². The zero-order chi connectivity index (χ0) is 22.1. The highest BCUT2D eigenvalue weighted by molar-refractivity contribution is 6.42. The molecule has 1 unspecified atom stereocenters. The fourth-order valence-electron chi connectivity index (χ4n) is 3.36. The van der Waals surface area contributed by atoms with Gasteiger partial charge in [-0.25, -0.2) is 0 Å². The van der Waals surface area contributed by atoms with Gasteiger partial charge in [-0.05, 0) is 55.8 Å². The zero-order valence-corrected chi connectivity index (χ0v) is 18.5. The minimum atomic E-state index is -0.588. The van der Waals surface area contributed by atoms with Gasteiger partial charge in [-0.3, -0.25) is 9.59 Å². The van der Waals surface area contributed by atoms with Crippen LogP contribution < -0.4 is 15.0 Å². The van der Waals surface area contributed by atoms with Crippen LogP contribution in [0, 0.1) is 6.92 Å². The summed E-state index contributed by atoms with van der Waals surface area (Å²) in [7, 11) is 0. The maximum absolute atomic E-state index is 12.9. The Morgan fingerprint density at radius 2 is 1.77 bits per heavy atom. The van der Waals surface area contributed by atoms with Crippen molar-refractivity contribution in [3.05, 3.63) is 87.4 Å². The van der Waals surface area contributed by atoms with E-state index >= 15 is 0 Å². The number of nitrogens with zero attached hydrogens (tertiary/aromatic N) is 1. The number of amides is 2. The lowest BCUT2D eigenvalue weighted by Gasteiger charge is -2.33. The van der Waals surface area contributed by atoms with Crippen molar-refractivity contribution < 1.29 is 14.3 Å². The van der Waals surface area contributed by atoms with Gasteiger partial charge >= 0.3 is 0 Å². The number of rotatable bonds is 4. The van der Waals surface area contributed by atoms with Gasteiger partial charge in [-0.1, -0.05) is 53.0 Å². The summed E-state index contributed by atoms with van der Waals surface area (Å²) in [5.41, 5.74) is 3.68. The number of benzene rings is 3. The molecule has 4 rings (SSSR count). The average molecular weight is 455 g/mol. The van der Waals surface area contributed by atoms with Crippen LogP contribution >= 0.6 is 23.2 Å². The molecule has 1 aliphatic heterocycles. The van der Waals surface area contributed by atoms with E-state index in [4.69, 9.17) is 27.9 Å². The molecule has 0 saturated heterocycles. The number of carbonyl (C=O) groups is 2. The molecule has 0 aliphatic carbocycles. The van der Waals surface area contributed by atoms with Gasteiger partial charge in [0.25, 0.3) is 11.8 Å². The molecule has 158 valence electrons. The summed E-state index contributed by atoms with van der Waals surface area (Å²) in [5, 5.41) is 3.52. The van der Waals surface area contributed by atoms with Crippen LogP contribution in [-0.4, -0.2) is 17.9 Å². The van der Waals surface area contributed by atoms with Crippen LogP contribution in [0.4, 0.5) is 11.4 Å². The number of hydrogen-bond donors (Lipinski definition) is 1. The predicted molar refractivity (Wildman–Crippen MR) is 123 cm³/mol. The van der Waals surface area contributed by atoms with Crippen molar-refractivity contribution in [1.82, 2.24) is 0 Å². The van der Waals surface area contributed by atoms with Gasteiger partial charge in [0.1, 0.15) is 5.75 Å². The van der Waals surface area contributed by atoms with Crippen LogP contribution in [0.25, 0.3) is 0 Å². The van der Waals surface area contributed by atoms with Crippen LogP contribution in [0.1, 0.15) is 28.4 Å². The first-order valence-corrected chi connectivity index (χ1v) is 10.5. The van der Waals surface area contributed by atoms with Gasteiger partial charge in [-0.2, -0.15) is 0 Å². The molecule has 0 fully saturated rings. The minimum absolute atomic E-state index is 0.138. The standard InChI is InChI=1S/C24H20Cl2N2O3/c1-14-3-5-16(6-4-14)13-28-21-12-18(8-10-22(21)31-15(2)24(28)30)27-23(29)17-7-9-19(25)20(26)11-17/h3-12,15H,13H2,1-2H3,(H,27,29). The van der Waals surface area contributed by atoms with Crippen LogP contribution in [0.3, 0.4) is 0 Å². The Balaban J connectivity index is 1.62. The largest absolute Gasteiger partial charge is 0.479 e. The van der Waals surface area contributed by atoms with E-state index in [9.17, 15) is 9.59 Å². The summed E-state index contributed by atoms with van der Waals surface area (Å²) >= 11 is 11.9. The number of halogens is 2. The molecule has 0 radical (unpaired) electrons. The van der Waals surface area contributed by atoms with Crippen LogP contribution in [0.5, 0.6) is 5.75 Å². The van der Waals surface area contributed by atoms with E-state index in [1.54, 1.807) is 42.2 Å². The highest BCUT2D eigenvalue weighted by Gasteiger charge is 2.32. The van der Waals surface area contributed by atoms with Crippen molar-refractivity contribution in [2.45, 2.75) is 26.5 Å². The summed E-state index contributed by atoms with van der Waals surface area (Å²) < 4.78 is 5.77. The van der Waals surface area contributed by atoms with Gasteiger partial charge < -0.3 is 15.0 Å². The second-order valence-corrected chi connectivity index (χ2v) is 8.25. The highest BCUT2D eigenvalue weighted by atomic mass is 35.5. The molecule has 1 N–H and O–H groups in total. The van der Waals surface area contributed by atoms with Crippen LogP contribution in [0.15, 0.2) is 60.7 Å². The van der Waals surface area contributed by atoms with Crippen molar-refractivity contribution in [1.29, 1.82) is 0 Å². The molecule has 0 saturated carbocycles. The number of nitrogens with one attached hydrogen (secondary N) is 1. The zero-order valence-electron chi connectivity index (χ0n) is 17.0. The second kappa shape index (κ2) is 8.61. The average Bonchev–Trinajstić information content (AvgIpc) is 2.75. The van der Waals surface area contributed by atoms with E-state index in [-0.39, 0.29) is 11.8 Å². The Labute approximate surface area is 190 Å². The Morgan fingerprint density at radius 3 is 2.48 bits per heavy atom. The second-order valence-electron chi connectivity index (χ2n) is 7.44. The molecular weight excluding hydrogens is 435 g/mol. The topological polar surface area (TPSA) is 58.6 Å². The molecule has 3 aromatic rings. The van der Waals surface area contributed by atoms with Crippen molar-refractivity contribution in [2.75, 3.05) is 10.2 Å². The quantitative estimate of drug-likeness (QED) is 0.536. The van der Waals surface area contributed by atoms with Gasteiger partial charge in [0.2, 0.25) is 0 Å². The summed E-state index contributed by atoms with van der Waals surface area (Å²) in [5.74, 6) is 0.118. The third-order valence-electron chi connectivity index (χ3n) is 5.07. The van der Waals surface area contributed by atoms with Gasteiger partial charge in [-0.15, -0.1) is 0 Å². The number of carbonyl (C=O) groups excluding carboxylic acids is 2. The number of anilines is 2. The highest BCUT2D eigenvalue weighted by Crippen LogP contribution is 2.37. The van der Waals surface area contributed by atoms with Gasteiger partial charge in [0, 0.05) is 11.3 Å². The SMILES string of the molecule is Cc1ccc(CN2C(=O)C(C)Oc3ccc(NC(=O)c4ccc(Cl)c(Cl)c4)cc32)cc1. The number of fused-ring (bicyclic) bond motifs is 1. The molecular formula is C24H20Cl2N2O3. The third-order valence-corrected chi connectivity index (χ3v) is 5.81. The molecule has 1 aliphatic rings. The van der Waals surface area contributed by atoms with Crippen molar-refractivity contribution >= 4 is 46.4 Å². The Kier molecular flexibility index (Phi) is 5.90. The molecule has 0 aromatic heterocycles. The van der Waals surface area contributed by atoms with Crippen LogP contribution in [-0.2, 0) is 11.3 Å². The van der Waals surface area contributed by atoms with Crippen molar-refractivity contribution in [2.24, 2.45) is 0 Å². The summed E-state index contributed by atoms with van der Waals surface area (Å²) in [6, 6.07) is 17.9. The molecule has 31 heavy (non-hydrogen) atoms. The Hall–Kier alpha value is -3.02. The van der Waals surface area contributed by atoms with Crippen molar-refractivity contribution in [3.63, 3.8) is 0 Å². The Morgan fingerprint density at radius 1 is 1.03 bits per heavy atom. The summed E-state index contributed by atoms with van der Waals surface area (Å²) in [6.07, 6.45) is -0.588. The van der Waals surface area contributed by atoms with E-state index in [1.165, 1.54) is 6.07 Å². The molecule has 7 heteroatoms. The van der Waals surface area contributed by atoms with E-state index in [0.29, 0.717) is 39.3 Å². The number of hydrogen-bond acceptors (Lipinski definition) is 3. The van der Waals surface area contributed by atoms with E-state index in [0.717, 1.165) is 11.1 Å². The maximum Gasteiger partial charge on any atom is 0.268 e. The monoisotopic (exact) mass is 454 g/mol. The first-order valence-electron chi connectivity index (χ1n) is 9.76. The first-order chi connectivity index (χ1) is 14.8. The fraction of sp³-hybridized carbons (Fsp3) is 0.167. The molecule has 2 amide bonds. The lowest BCUT2D eigenvalue weighted by atomic mass is 10.1. The molecule has 5 nitrogen and oxygen atoms in total. The molecule has 3 aromatic carbocycles. The third kappa shape index (κ3) is 4.53. The summed E-state index contributed by atoms with van der Waals surface area (Å²) in [6.45, 7) is 4.15. The smallest absolute Gasteiger partial charge is 0.268 e. The minimum Gasteiger partial charge on any atom is -0.479 e. The number of ether oxygens (including phenoxy) is 1. The predicted octanol–water partition coefficient (Wildman–Crippen LogP) is 5.87. The fourth-order valence-corrected chi connectivity index (χ4v) is 3.66. The van der Waals surface area contributed by atoms with E-state index in [2.05, 4.69) is 5.32 Å². The lowest BCUT2D eigenvalue weighted by molar-refractivity contribution is -0.125. The molecule has 1 atom stereocenters. The van der Waals surface area contributed by atoms with E-state index < -0.39 is 6.10 Å². The molecule has 1 heterocycles. The summed E-state index contributed by atoms with van der Waals surface area (Å²) in [4.78, 5) is 27.2. The van der Waals surface area contributed by atoms with Crippen molar-refractivity contribution in [3.8, 4) is 5.75 Å². The maximum atomic E-state index is 12.9. The Bertz CT molecular complexity index is 1160. The van der Waals surface area contributed by atoms with Crippen LogP contribution in [0.2, 0.25) is 10.0 Å². The normalized spacial score (nSPS) is 15.3. The van der Waals surface area contributed by atoms with Gasteiger partial charge in [0.15, 0.2) is 6.10 Å².